The summed E-state index contributed by atoms with van der Waals surface area (Å²) in [4.78, 5) is 11.7. The second kappa shape index (κ2) is 8.53. The Hall–Kier alpha value is -1.89. The Bertz CT molecular complexity index is 480. The van der Waals surface area contributed by atoms with Crippen molar-refractivity contribution in [3.8, 4) is 5.75 Å². The van der Waals surface area contributed by atoms with E-state index in [-0.39, 0.29) is 18.8 Å². The molecule has 0 aliphatic rings. The largest absolute Gasteiger partial charge is 0.435 e. The van der Waals surface area contributed by atoms with Gasteiger partial charge in [0.2, 0.25) is 0 Å². The van der Waals surface area contributed by atoms with Gasteiger partial charge in [-0.25, -0.2) is 4.79 Å². The van der Waals surface area contributed by atoms with Crippen LogP contribution in [0.25, 0.3) is 0 Å². The van der Waals surface area contributed by atoms with E-state index in [1.807, 2.05) is 13.8 Å². The Labute approximate surface area is 128 Å². The quantitative estimate of drug-likeness (QED) is 0.690. The van der Waals surface area contributed by atoms with E-state index >= 15 is 0 Å². The van der Waals surface area contributed by atoms with Crippen LogP contribution in [-0.2, 0) is 6.54 Å². The third-order valence-corrected chi connectivity index (χ3v) is 3.47. The Morgan fingerprint density at radius 3 is 2.59 bits per heavy atom. The Morgan fingerprint density at radius 1 is 1.32 bits per heavy atom. The van der Waals surface area contributed by atoms with Crippen molar-refractivity contribution in [2.75, 3.05) is 6.54 Å². The average Bonchev–Trinajstić information content (AvgIpc) is 2.50. The number of hydrogen-bond acceptors (Lipinski definition) is 3. The van der Waals surface area contributed by atoms with Gasteiger partial charge in [0.15, 0.2) is 0 Å². The molecule has 0 heterocycles. The first-order chi connectivity index (χ1) is 10.4. The van der Waals surface area contributed by atoms with Crippen molar-refractivity contribution in [1.29, 1.82) is 0 Å². The zero-order valence-electron chi connectivity index (χ0n) is 12.7. The number of aliphatic hydroxyl groups is 1. The van der Waals surface area contributed by atoms with Crippen molar-refractivity contribution in [3.05, 3.63) is 29.8 Å². The van der Waals surface area contributed by atoms with E-state index in [9.17, 15) is 18.7 Å². The standard InChI is InChI=1S/C15H22F2N2O3/c1-3-15(21,4-2)10-19-14(20)18-9-11-6-5-7-12(8-11)22-13(16)17/h5-8,13,21H,3-4,9-10H2,1-2H3,(H2,18,19,20). The van der Waals surface area contributed by atoms with Crippen molar-refractivity contribution in [2.45, 2.75) is 45.4 Å². The summed E-state index contributed by atoms with van der Waals surface area (Å²) < 4.78 is 28.5. The summed E-state index contributed by atoms with van der Waals surface area (Å²) in [6.45, 7) is 1.13. The minimum atomic E-state index is -2.88. The summed E-state index contributed by atoms with van der Waals surface area (Å²) in [6.07, 6.45) is 1.08. The molecule has 7 heteroatoms. The molecule has 0 unspecified atom stereocenters. The third-order valence-electron chi connectivity index (χ3n) is 3.47. The van der Waals surface area contributed by atoms with Crippen LogP contribution in [0.3, 0.4) is 0 Å². The molecule has 0 fully saturated rings. The first-order valence-corrected chi connectivity index (χ1v) is 7.16. The smallest absolute Gasteiger partial charge is 0.387 e. The molecule has 3 N–H and O–H groups in total. The van der Waals surface area contributed by atoms with Gasteiger partial charge >= 0.3 is 12.6 Å². The molecule has 0 aromatic heterocycles. The molecule has 2 amide bonds. The lowest BCUT2D eigenvalue weighted by atomic mass is 9.98. The van der Waals surface area contributed by atoms with E-state index in [1.54, 1.807) is 12.1 Å². The molecule has 0 saturated carbocycles. The van der Waals surface area contributed by atoms with Gasteiger partial charge < -0.3 is 20.5 Å². The highest BCUT2D eigenvalue weighted by Gasteiger charge is 2.22. The lowest BCUT2D eigenvalue weighted by molar-refractivity contribution is -0.0498. The minimum Gasteiger partial charge on any atom is -0.435 e. The molecule has 124 valence electrons. The maximum Gasteiger partial charge on any atom is 0.387 e. The SMILES string of the molecule is CCC(O)(CC)CNC(=O)NCc1cccc(OC(F)F)c1. The van der Waals surface area contributed by atoms with Gasteiger partial charge in [-0.05, 0) is 30.5 Å². The topological polar surface area (TPSA) is 70.6 Å². The fourth-order valence-electron chi connectivity index (χ4n) is 1.82. The van der Waals surface area contributed by atoms with Gasteiger partial charge in [0, 0.05) is 13.1 Å². The van der Waals surface area contributed by atoms with E-state index in [0.717, 1.165) is 0 Å². The van der Waals surface area contributed by atoms with Gasteiger partial charge in [0.05, 0.1) is 5.60 Å². The molecule has 0 saturated heterocycles. The number of amides is 2. The number of carbonyl (C=O) groups excluding carboxylic acids is 1. The predicted octanol–water partition coefficient (Wildman–Crippen LogP) is 2.64. The minimum absolute atomic E-state index is 0.0426. The molecule has 0 atom stereocenters. The molecule has 1 aromatic carbocycles. The van der Waals surface area contributed by atoms with E-state index < -0.39 is 18.2 Å². The van der Waals surface area contributed by atoms with Crippen LogP contribution in [-0.4, -0.2) is 29.9 Å². The molecule has 0 spiro atoms. The number of urea groups is 1. The van der Waals surface area contributed by atoms with Crippen LogP contribution >= 0.6 is 0 Å². The van der Waals surface area contributed by atoms with Crippen LogP contribution < -0.4 is 15.4 Å². The second-order valence-electron chi connectivity index (χ2n) is 4.99. The molecule has 22 heavy (non-hydrogen) atoms. The lowest BCUT2D eigenvalue weighted by Crippen LogP contribution is -2.45. The fraction of sp³-hybridized carbons (Fsp3) is 0.533. The number of ether oxygens (including phenoxy) is 1. The van der Waals surface area contributed by atoms with E-state index in [0.29, 0.717) is 18.4 Å². The number of alkyl halides is 2. The van der Waals surface area contributed by atoms with Crippen molar-refractivity contribution < 1.29 is 23.4 Å². The Morgan fingerprint density at radius 2 is 2.00 bits per heavy atom. The maximum atomic E-state index is 12.1. The van der Waals surface area contributed by atoms with Crippen LogP contribution in [0.15, 0.2) is 24.3 Å². The highest BCUT2D eigenvalue weighted by atomic mass is 19.3. The van der Waals surface area contributed by atoms with Crippen molar-refractivity contribution in [1.82, 2.24) is 10.6 Å². The zero-order chi connectivity index (χ0) is 16.6. The molecule has 1 aromatic rings. The second-order valence-corrected chi connectivity index (χ2v) is 4.99. The van der Waals surface area contributed by atoms with Gasteiger partial charge in [-0.1, -0.05) is 26.0 Å². The first kappa shape index (κ1) is 18.2. The summed E-state index contributed by atoms with van der Waals surface area (Å²) >= 11 is 0. The molecule has 0 radical (unpaired) electrons. The number of carbonyl (C=O) groups is 1. The van der Waals surface area contributed by atoms with Crippen molar-refractivity contribution >= 4 is 6.03 Å². The number of nitrogens with one attached hydrogen (secondary N) is 2. The van der Waals surface area contributed by atoms with Crippen LogP contribution in [0, 0.1) is 0 Å². The van der Waals surface area contributed by atoms with Gasteiger partial charge in [-0.15, -0.1) is 0 Å². The number of rotatable bonds is 8. The first-order valence-electron chi connectivity index (χ1n) is 7.16. The van der Waals surface area contributed by atoms with Crippen molar-refractivity contribution in [3.63, 3.8) is 0 Å². The van der Waals surface area contributed by atoms with E-state index in [4.69, 9.17) is 0 Å². The number of halogens is 2. The summed E-state index contributed by atoms with van der Waals surface area (Å²) in [5, 5.41) is 15.2. The zero-order valence-corrected chi connectivity index (χ0v) is 12.7. The summed E-state index contributed by atoms with van der Waals surface area (Å²) in [5.41, 5.74) is -0.280. The average molecular weight is 316 g/mol. The molecule has 5 nitrogen and oxygen atoms in total. The highest BCUT2D eigenvalue weighted by Crippen LogP contribution is 2.16. The summed E-state index contributed by atoms with van der Waals surface area (Å²) in [5.74, 6) is 0.0426. The number of hydrogen-bond donors (Lipinski definition) is 3. The summed E-state index contributed by atoms with van der Waals surface area (Å²) in [7, 11) is 0. The highest BCUT2D eigenvalue weighted by molar-refractivity contribution is 5.73. The van der Waals surface area contributed by atoms with Gasteiger partial charge in [0.25, 0.3) is 0 Å². The van der Waals surface area contributed by atoms with Gasteiger partial charge in [-0.2, -0.15) is 8.78 Å². The van der Waals surface area contributed by atoms with Crippen LogP contribution in [0.5, 0.6) is 5.75 Å². The van der Waals surface area contributed by atoms with Crippen molar-refractivity contribution in [2.24, 2.45) is 0 Å². The predicted molar refractivity (Wildman–Crippen MR) is 78.8 cm³/mol. The summed E-state index contributed by atoms with van der Waals surface area (Å²) in [6, 6.07) is 5.67. The van der Waals surface area contributed by atoms with Gasteiger partial charge in [-0.3, -0.25) is 0 Å². The van der Waals surface area contributed by atoms with Crippen LogP contribution in [0.1, 0.15) is 32.3 Å². The van der Waals surface area contributed by atoms with Gasteiger partial charge in [0.1, 0.15) is 5.75 Å². The molecular formula is C15H22F2N2O3. The Kier molecular flexibility index (Phi) is 7.04. The molecular weight excluding hydrogens is 294 g/mol. The fourth-order valence-corrected chi connectivity index (χ4v) is 1.82. The normalized spacial score (nSPS) is 11.4. The van der Waals surface area contributed by atoms with Crippen LogP contribution in [0.2, 0.25) is 0 Å². The van der Waals surface area contributed by atoms with E-state index in [1.165, 1.54) is 12.1 Å². The molecule has 0 aliphatic carbocycles. The van der Waals surface area contributed by atoms with Crippen LogP contribution in [0.4, 0.5) is 13.6 Å². The maximum absolute atomic E-state index is 12.1. The molecule has 0 aliphatic heterocycles. The monoisotopic (exact) mass is 316 g/mol. The molecule has 1 rings (SSSR count). The molecule has 0 bridgehead atoms. The number of benzene rings is 1. The third kappa shape index (κ3) is 6.26. The lowest BCUT2D eigenvalue weighted by Gasteiger charge is -2.25. The Balaban J connectivity index is 2.44. The van der Waals surface area contributed by atoms with E-state index in [2.05, 4.69) is 15.4 Å².